The van der Waals surface area contributed by atoms with E-state index in [1.807, 2.05) is 61.5 Å². The molecule has 2 aliphatic rings. The first kappa shape index (κ1) is 29.9. The predicted octanol–water partition coefficient (Wildman–Crippen LogP) is 4.90. The van der Waals surface area contributed by atoms with Crippen molar-refractivity contribution in [2.75, 3.05) is 24.5 Å². The van der Waals surface area contributed by atoms with Crippen LogP contribution in [0.4, 0.5) is 14.5 Å². The molecule has 2 aromatic heterocycles. The Labute approximate surface area is 262 Å². The van der Waals surface area contributed by atoms with Crippen LogP contribution in [0.25, 0.3) is 21.8 Å². The van der Waals surface area contributed by atoms with E-state index >= 15 is 0 Å². The minimum Gasteiger partial charge on any atom is -0.395 e. The summed E-state index contributed by atoms with van der Waals surface area (Å²) in [7, 11) is -2.31. The van der Waals surface area contributed by atoms with Gasteiger partial charge in [-0.1, -0.05) is 36.4 Å². The minimum absolute atomic E-state index is 0.0350. The molecule has 3 aromatic carbocycles. The number of hydrogen-bond acceptors (Lipinski definition) is 7. The summed E-state index contributed by atoms with van der Waals surface area (Å²) >= 11 is 0. The Morgan fingerprint density at radius 2 is 1.67 bits per heavy atom. The fraction of sp³-hybridized carbons (Fsp3) is 0.281. The number of halogens is 2. The molecular weight excluding hydrogens is 620 g/mol. The Kier molecular flexibility index (Phi) is 7.09. The Bertz CT molecular complexity index is 2180. The number of para-hydroxylation sites is 2. The molecule has 0 atom stereocenters. The van der Waals surface area contributed by atoms with Gasteiger partial charge < -0.3 is 18.9 Å². The Hall–Kier alpha value is -4.82. The maximum absolute atomic E-state index is 14.2. The molecule has 1 fully saturated rings. The average molecular weight is 650 g/mol. The van der Waals surface area contributed by atoms with Gasteiger partial charge in [0.05, 0.1) is 10.9 Å². The number of aryl methyl sites for hydroxylation is 1. The third kappa shape index (κ3) is 4.79. The van der Waals surface area contributed by atoms with Crippen LogP contribution in [-0.2, 0) is 17.1 Å². The molecule has 2 aliphatic heterocycles. The van der Waals surface area contributed by atoms with Crippen molar-refractivity contribution in [1.29, 1.82) is 0 Å². The highest BCUT2D eigenvalue weighted by atomic mass is 32.2. The number of carbonyl (C=O) groups excluding carboxylic acids is 1. The lowest BCUT2D eigenvalue weighted by molar-refractivity contribution is -0.286. The van der Waals surface area contributed by atoms with E-state index in [0.717, 1.165) is 23.0 Å². The van der Waals surface area contributed by atoms with E-state index < -0.39 is 22.4 Å². The van der Waals surface area contributed by atoms with Crippen molar-refractivity contribution >= 4 is 43.4 Å². The van der Waals surface area contributed by atoms with Crippen LogP contribution in [0.1, 0.15) is 36.3 Å². The molecule has 5 aromatic rings. The largest absolute Gasteiger partial charge is 0.586 e. The lowest BCUT2D eigenvalue weighted by Gasteiger charge is -2.32. The lowest BCUT2D eigenvalue weighted by Crippen LogP contribution is -2.42. The number of rotatable bonds is 6. The van der Waals surface area contributed by atoms with Crippen LogP contribution in [0.15, 0.2) is 82.5 Å². The zero-order valence-electron chi connectivity index (χ0n) is 24.9. The second kappa shape index (κ2) is 10.9. The summed E-state index contributed by atoms with van der Waals surface area (Å²) in [6.45, 7) is 2.30. The molecule has 1 amide bonds. The molecule has 238 valence electrons. The van der Waals surface area contributed by atoms with Crippen molar-refractivity contribution < 1.29 is 31.5 Å². The molecule has 0 N–H and O–H groups in total. The average Bonchev–Trinajstić information content (AvgIpc) is 3.54. The standard InChI is InChI=1S/C32H29F2N5O6S/c1-3-38(20-9-5-4-6-10-20)30(40)28-27-23-11-7-8-12-24(23)36(2)29(27)31(41)39(35-28)21-15-17-37(18-16-21)46(42,43)22-13-14-25-26(19-22)45-32(33,34)44-25/h4-14,19,21H,3,15-18H2,1-2H3. The van der Waals surface area contributed by atoms with Crippen molar-refractivity contribution in [2.45, 2.75) is 37.0 Å². The number of benzene rings is 3. The Morgan fingerprint density at radius 3 is 2.39 bits per heavy atom. The summed E-state index contributed by atoms with van der Waals surface area (Å²) < 4.78 is 67.1. The molecule has 0 unspecified atom stereocenters. The first-order valence-corrected chi connectivity index (χ1v) is 16.2. The number of nitrogens with zero attached hydrogens (tertiary/aromatic N) is 5. The van der Waals surface area contributed by atoms with Crippen LogP contribution in [0.3, 0.4) is 0 Å². The number of piperidine rings is 1. The molecule has 1 saturated heterocycles. The molecule has 7 rings (SSSR count). The number of amides is 1. The van der Waals surface area contributed by atoms with Crippen LogP contribution in [0.5, 0.6) is 11.5 Å². The Morgan fingerprint density at radius 1 is 1.00 bits per heavy atom. The maximum atomic E-state index is 14.2. The van der Waals surface area contributed by atoms with E-state index in [0.29, 0.717) is 23.1 Å². The van der Waals surface area contributed by atoms with Crippen LogP contribution in [-0.4, -0.2) is 58.9 Å². The van der Waals surface area contributed by atoms with Crippen molar-refractivity contribution in [3.8, 4) is 11.5 Å². The number of fused-ring (bicyclic) bond motifs is 4. The van der Waals surface area contributed by atoms with Crippen molar-refractivity contribution in [2.24, 2.45) is 7.05 Å². The molecule has 0 spiro atoms. The van der Waals surface area contributed by atoms with Gasteiger partial charge in [-0.15, -0.1) is 8.78 Å². The molecule has 11 nitrogen and oxygen atoms in total. The molecule has 0 bridgehead atoms. The van der Waals surface area contributed by atoms with Gasteiger partial charge in [-0.2, -0.15) is 9.40 Å². The van der Waals surface area contributed by atoms with Gasteiger partial charge in [-0.25, -0.2) is 13.1 Å². The van der Waals surface area contributed by atoms with Gasteiger partial charge in [0, 0.05) is 54.7 Å². The summed E-state index contributed by atoms with van der Waals surface area (Å²) in [4.78, 5) is 29.7. The molecule has 46 heavy (non-hydrogen) atoms. The van der Waals surface area contributed by atoms with Gasteiger partial charge in [0.2, 0.25) is 10.0 Å². The molecular formula is C32H29F2N5O6S. The first-order chi connectivity index (χ1) is 22.0. The van der Waals surface area contributed by atoms with Crippen LogP contribution < -0.4 is 19.9 Å². The van der Waals surface area contributed by atoms with Gasteiger partial charge in [-0.05, 0) is 50.1 Å². The van der Waals surface area contributed by atoms with Crippen molar-refractivity contribution in [1.82, 2.24) is 18.7 Å². The monoisotopic (exact) mass is 649 g/mol. The van der Waals surface area contributed by atoms with Crippen LogP contribution in [0.2, 0.25) is 0 Å². The third-order valence-corrected chi connectivity index (χ3v) is 10.5. The highest BCUT2D eigenvalue weighted by molar-refractivity contribution is 7.89. The summed E-state index contributed by atoms with van der Waals surface area (Å²) in [5, 5.41) is 5.90. The van der Waals surface area contributed by atoms with Crippen LogP contribution in [0, 0.1) is 0 Å². The van der Waals surface area contributed by atoms with Gasteiger partial charge in [0.25, 0.3) is 11.5 Å². The van der Waals surface area contributed by atoms with Gasteiger partial charge >= 0.3 is 6.29 Å². The SMILES string of the molecule is CCN(C(=O)c1nn(C2CCN(S(=O)(=O)c3ccc4c(c3)OC(F)(F)O4)CC2)c(=O)c2c1c1ccccc1n2C)c1ccccc1. The molecule has 4 heterocycles. The van der Waals surface area contributed by atoms with Gasteiger partial charge in [0.1, 0.15) is 5.52 Å². The smallest absolute Gasteiger partial charge is 0.395 e. The highest BCUT2D eigenvalue weighted by Gasteiger charge is 2.44. The van der Waals surface area contributed by atoms with Crippen molar-refractivity contribution in [3.05, 3.63) is 88.8 Å². The van der Waals surface area contributed by atoms with Gasteiger partial charge in [-0.3, -0.25) is 9.59 Å². The molecule has 0 radical (unpaired) electrons. The zero-order valence-corrected chi connectivity index (χ0v) is 25.7. The van der Waals surface area contributed by atoms with E-state index in [4.69, 9.17) is 5.10 Å². The van der Waals surface area contributed by atoms with E-state index in [-0.39, 0.29) is 59.5 Å². The molecule has 0 saturated carbocycles. The van der Waals surface area contributed by atoms with E-state index in [2.05, 4.69) is 9.47 Å². The summed E-state index contributed by atoms with van der Waals surface area (Å²) in [6, 6.07) is 19.5. The summed E-state index contributed by atoms with van der Waals surface area (Å²) in [6.07, 6.45) is -3.41. The normalized spacial score (nSPS) is 16.7. The first-order valence-electron chi connectivity index (χ1n) is 14.8. The number of anilines is 1. The number of sulfonamides is 1. The maximum Gasteiger partial charge on any atom is 0.586 e. The summed E-state index contributed by atoms with van der Waals surface area (Å²) in [5.74, 6) is -0.984. The number of ether oxygens (including phenoxy) is 2. The van der Waals surface area contributed by atoms with E-state index in [9.17, 15) is 26.8 Å². The fourth-order valence-corrected chi connectivity index (χ4v) is 7.82. The number of aromatic nitrogens is 3. The fourth-order valence-electron chi connectivity index (χ4n) is 6.34. The van der Waals surface area contributed by atoms with Crippen molar-refractivity contribution in [3.63, 3.8) is 0 Å². The van der Waals surface area contributed by atoms with E-state index in [1.165, 1.54) is 15.1 Å². The number of carbonyl (C=O) groups is 1. The Balaban J connectivity index is 1.25. The second-order valence-electron chi connectivity index (χ2n) is 11.2. The molecule has 14 heteroatoms. The van der Waals surface area contributed by atoms with E-state index in [1.54, 1.807) is 16.5 Å². The third-order valence-electron chi connectivity index (χ3n) is 8.57. The quantitative estimate of drug-likeness (QED) is 0.257. The lowest BCUT2D eigenvalue weighted by atomic mass is 10.1. The highest BCUT2D eigenvalue weighted by Crippen LogP contribution is 2.42. The molecule has 0 aliphatic carbocycles. The topological polar surface area (TPSA) is 116 Å². The second-order valence-corrected chi connectivity index (χ2v) is 13.1. The van der Waals surface area contributed by atoms with Crippen LogP contribution >= 0.6 is 0 Å². The van der Waals surface area contributed by atoms with Gasteiger partial charge in [0.15, 0.2) is 17.2 Å². The number of alkyl halides is 2. The predicted molar refractivity (Wildman–Crippen MR) is 166 cm³/mol. The minimum atomic E-state index is -4.08. The zero-order chi connectivity index (χ0) is 32.4. The number of hydrogen-bond donors (Lipinski definition) is 0. The summed E-state index contributed by atoms with van der Waals surface area (Å²) in [5.41, 5.74) is 1.54.